The van der Waals surface area contributed by atoms with Crippen LogP contribution < -0.4 is 4.74 Å². The SMILES string of the molecule is COc1ccc(/C=C/CN2CCN(Cc3ccccc3)C[C@@H](O)C2)cc1. The van der Waals surface area contributed by atoms with Gasteiger partial charge in [0.2, 0.25) is 0 Å². The Morgan fingerprint density at radius 2 is 1.69 bits per heavy atom. The number of hydrogen-bond donors (Lipinski definition) is 1. The number of β-amino-alcohol motifs (C(OH)–C–C–N with tert-alkyl or cyclic N) is 1. The first-order valence-corrected chi connectivity index (χ1v) is 9.20. The highest BCUT2D eigenvalue weighted by Gasteiger charge is 2.20. The molecule has 1 fully saturated rings. The third-order valence-corrected chi connectivity index (χ3v) is 4.71. The van der Waals surface area contributed by atoms with Crippen molar-refractivity contribution in [2.75, 3.05) is 39.8 Å². The Morgan fingerprint density at radius 3 is 2.42 bits per heavy atom. The molecule has 1 atom stereocenters. The third kappa shape index (κ3) is 5.70. The maximum Gasteiger partial charge on any atom is 0.118 e. The van der Waals surface area contributed by atoms with Gasteiger partial charge in [-0.25, -0.2) is 0 Å². The van der Waals surface area contributed by atoms with E-state index in [0.29, 0.717) is 0 Å². The topological polar surface area (TPSA) is 35.9 Å². The molecule has 0 amide bonds. The fraction of sp³-hybridized carbons (Fsp3) is 0.364. The van der Waals surface area contributed by atoms with E-state index in [0.717, 1.165) is 50.6 Å². The first kappa shape index (κ1) is 18.6. The molecule has 26 heavy (non-hydrogen) atoms. The second-order valence-electron chi connectivity index (χ2n) is 6.81. The van der Waals surface area contributed by atoms with E-state index in [9.17, 15) is 5.11 Å². The van der Waals surface area contributed by atoms with Crippen molar-refractivity contribution in [3.63, 3.8) is 0 Å². The molecule has 0 aliphatic carbocycles. The van der Waals surface area contributed by atoms with Crippen molar-refractivity contribution in [1.29, 1.82) is 0 Å². The minimum absolute atomic E-state index is 0.310. The summed E-state index contributed by atoms with van der Waals surface area (Å²) in [6, 6.07) is 18.5. The molecule has 1 aliphatic heterocycles. The van der Waals surface area contributed by atoms with Crippen molar-refractivity contribution < 1.29 is 9.84 Å². The predicted molar refractivity (Wildman–Crippen MR) is 106 cm³/mol. The normalized spacial score (nSPS) is 19.5. The lowest BCUT2D eigenvalue weighted by molar-refractivity contribution is 0.110. The molecule has 1 saturated heterocycles. The van der Waals surface area contributed by atoms with Crippen LogP contribution in [0, 0.1) is 0 Å². The van der Waals surface area contributed by atoms with Crippen molar-refractivity contribution >= 4 is 6.08 Å². The van der Waals surface area contributed by atoms with E-state index in [1.165, 1.54) is 5.56 Å². The molecule has 0 radical (unpaired) electrons. The molecule has 0 unspecified atom stereocenters. The number of benzene rings is 2. The molecule has 1 N–H and O–H groups in total. The Balaban J connectivity index is 1.50. The zero-order valence-electron chi connectivity index (χ0n) is 15.4. The molecule has 0 bridgehead atoms. The van der Waals surface area contributed by atoms with Gasteiger partial charge in [-0.15, -0.1) is 0 Å². The Labute approximate surface area is 156 Å². The first-order chi connectivity index (χ1) is 12.7. The maximum atomic E-state index is 10.4. The summed E-state index contributed by atoms with van der Waals surface area (Å²) in [5, 5.41) is 10.4. The van der Waals surface area contributed by atoms with E-state index in [-0.39, 0.29) is 6.10 Å². The second-order valence-corrected chi connectivity index (χ2v) is 6.81. The lowest BCUT2D eigenvalue weighted by Gasteiger charge is -2.21. The standard InChI is InChI=1S/C22H28N2O2/c1-26-22-11-9-19(10-12-22)8-5-13-23-14-15-24(18-21(25)17-23)16-20-6-3-2-4-7-20/h2-12,21,25H,13-18H2,1H3/b8-5+/t21-/m0/s1. The molecule has 0 aromatic heterocycles. The van der Waals surface area contributed by atoms with Crippen molar-refractivity contribution in [2.24, 2.45) is 0 Å². The molecule has 1 heterocycles. The minimum atomic E-state index is -0.310. The van der Waals surface area contributed by atoms with Crippen LogP contribution in [-0.2, 0) is 6.54 Å². The summed E-state index contributed by atoms with van der Waals surface area (Å²) in [4.78, 5) is 4.66. The average molecular weight is 352 g/mol. The molecule has 1 aliphatic rings. The summed E-state index contributed by atoms with van der Waals surface area (Å²) in [6.45, 7) is 5.14. The Hall–Kier alpha value is -2.14. The highest BCUT2D eigenvalue weighted by molar-refractivity contribution is 5.50. The maximum absolute atomic E-state index is 10.4. The van der Waals surface area contributed by atoms with Crippen molar-refractivity contribution in [1.82, 2.24) is 9.80 Å². The number of aliphatic hydroxyl groups is 1. The van der Waals surface area contributed by atoms with E-state index >= 15 is 0 Å². The average Bonchev–Trinajstić information content (AvgIpc) is 2.84. The zero-order valence-corrected chi connectivity index (χ0v) is 15.4. The summed E-state index contributed by atoms with van der Waals surface area (Å²) in [5.41, 5.74) is 2.46. The van der Waals surface area contributed by atoms with Gasteiger partial charge in [-0.3, -0.25) is 9.80 Å². The monoisotopic (exact) mass is 352 g/mol. The molecule has 4 nitrogen and oxygen atoms in total. The van der Waals surface area contributed by atoms with Crippen molar-refractivity contribution in [3.05, 3.63) is 71.8 Å². The minimum Gasteiger partial charge on any atom is -0.497 e. The van der Waals surface area contributed by atoms with Gasteiger partial charge in [-0.1, -0.05) is 54.6 Å². The number of nitrogens with zero attached hydrogens (tertiary/aromatic N) is 2. The van der Waals surface area contributed by atoms with Gasteiger partial charge in [0, 0.05) is 39.3 Å². The van der Waals surface area contributed by atoms with Gasteiger partial charge in [-0.05, 0) is 23.3 Å². The van der Waals surface area contributed by atoms with Crippen LogP contribution in [0.5, 0.6) is 5.75 Å². The van der Waals surface area contributed by atoms with E-state index in [2.05, 4.69) is 46.2 Å². The second kappa shape index (κ2) is 9.53. The molecule has 138 valence electrons. The molecule has 2 aromatic rings. The summed E-state index contributed by atoms with van der Waals surface area (Å²) >= 11 is 0. The van der Waals surface area contributed by atoms with Gasteiger partial charge in [0.25, 0.3) is 0 Å². The fourth-order valence-electron chi connectivity index (χ4n) is 3.32. The van der Waals surface area contributed by atoms with Crippen LogP contribution in [0.15, 0.2) is 60.7 Å². The molecule has 0 spiro atoms. The van der Waals surface area contributed by atoms with E-state index in [1.807, 2.05) is 30.3 Å². The van der Waals surface area contributed by atoms with Crippen LogP contribution in [0.2, 0.25) is 0 Å². The zero-order chi connectivity index (χ0) is 18.2. The Kier molecular flexibility index (Phi) is 6.83. The van der Waals surface area contributed by atoms with Crippen LogP contribution in [0.3, 0.4) is 0 Å². The molecule has 0 saturated carbocycles. The van der Waals surface area contributed by atoms with Crippen molar-refractivity contribution in [3.8, 4) is 5.75 Å². The van der Waals surface area contributed by atoms with E-state index < -0.39 is 0 Å². The quantitative estimate of drug-likeness (QED) is 0.867. The summed E-state index contributed by atoms with van der Waals surface area (Å²) in [6.07, 6.45) is 3.98. The highest BCUT2D eigenvalue weighted by atomic mass is 16.5. The lowest BCUT2D eigenvalue weighted by atomic mass is 10.2. The van der Waals surface area contributed by atoms with Gasteiger partial charge in [0.1, 0.15) is 5.75 Å². The van der Waals surface area contributed by atoms with Gasteiger partial charge < -0.3 is 9.84 Å². The van der Waals surface area contributed by atoms with Crippen molar-refractivity contribution in [2.45, 2.75) is 12.6 Å². The fourth-order valence-corrected chi connectivity index (χ4v) is 3.32. The summed E-state index contributed by atoms with van der Waals surface area (Å²) in [7, 11) is 1.68. The molecule has 4 heteroatoms. The van der Waals surface area contributed by atoms with Crippen LogP contribution in [-0.4, -0.2) is 60.8 Å². The van der Waals surface area contributed by atoms with Crippen LogP contribution in [0.25, 0.3) is 6.08 Å². The van der Waals surface area contributed by atoms with Crippen LogP contribution >= 0.6 is 0 Å². The molecule has 3 rings (SSSR count). The van der Waals surface area contributed by atoms with E-state index in [4.69, 9.17) is 4.74 Å². The van der Waals surface area contributed by atoms with E-state index in [1.54, 1.807) is 7.11 Å². The molecule has 2 aromatic carbocycles. The summed E-state index contributed by atoms with van der Waals surface area (Å²) in [5.74, 6) is 0.872. The molecular formula is C22H28N2O2. The number of hydrogen-bond acceptors (Lipinski definition) is 4. The smallest absolute Gasteiger partial charge is 0.118 e. The predicted octanol–water partition coefficient (Wildman–Crippen LogP) is 2.89. The van der Waals surface area contributed by atoms with Gasteiger partial charge in [-0.2, -0.15) is 0 Å². The number of rotatable bonds is 6. The Bertz CT molecular complexity index is 685. The van der Waals surface area contributed by atoms with Gasteiger partial charge in [0.05, 0.1) is 13.2 Å². The number of aliphatic hydroxyl groups excluding tert-OH is 1. The summed E-state index contributed by atoms with van der Waals surface area (Å²) < 4.78 is 5.18. The number of ether oxygens (including phenoxy) is 1. The third-order valence-electron chi connectivity index (χ3n) is 4.71. The van der Waals surface area contributed by atoms with Gasteiger partial charge in [0.15, 0.2) is 0 Å². The Morgan fingerprint density at radius 1 is 1.00 bits per heavy atom. The highest BCUT2D eigenvalue weighted by Crippen LogP contribution is 2.13. The number of methoxy groups -OCH3 is 1. The largest absolute Gasteiger partial charge is 0.497 e. The lowest BCUT2D eigenvalue weighted by Crippen LogP contribution is -2.33. The van der Waals surface area contributed by atoms with Crippen LogP contribution in [0.4, 0.5) is 0 Å². The first-order valence-electron chi connectivity index (χ1n) is 9.20. The van der Waals surface area contributed by atoms with Gasteiger partial charge >= 0.3 is 0 Å². The molecular weight excluding hydrogens is 324 g/mol. The van der Waals surface area contributed by atoms with Crippen LogP contribution in [0.1, 0.15) is 11.1 Å².